The van der Waals surface area contributed by atoms with E-state index in [0.717, 1.165) is 37.7 Å². The molecule has 1 unspecified atom stereocenters. The van der Waals surface area contributed by atoms with Gasteiger partial charge in [-0.3, -0.25) is 4.79 Å². The lowest BCUT2D eigenvalue weighted by atomic mass is 9.38. The molecule has 0 heterocycles. The summed E-state index contributed by atoms with van der Waals surface area (Å²) in [5.41, 5.74) is 3.78. The zero-order chi connectivity index (χ0) is 27.9. The first-order valence-corrected chi connectivity index (χ1v) is 14.9. The fourth-order valence-electron chi connectivity index (χ4n) is 10.00. The van der Waals surface area contributed by atoms with Crippen molar-refractivity contribution in [2.75, 3.05) is 0 Å². The summed E-state index contributed by atoms with van der Waals surface area (Å²) in [5, 5.41) is 21.6. The van der Waals surface area contributed by atoms with E-state index in [1.807, 2.05) is 0 Å². The van der Waals surface area contributed by atoms with Gasteiger partial charge in [0, 0.05) is 5.41 Å². The molecule has 4 aliphatic carbocycles. The van der Waals surface area contributed by atoms with Gasteiger partial charge in [0.1, 0.15) is 0 Å². The number of aliphatic hydroxyl groups is 1. The van der Waals surface area contributed by atoms with E-state index in [-0.39, 0.29) is 45.0 Å². The molecular formula is C34H54O3. The molecule has 4 rings (SSSR count). The maximum absolute atomic E-state index is 12.8. The normalized spacial score (nSPS) is 45.3. The van der Waals surface area contributed by atoms with Crippen LogP contribution in [0.15, 0.2) is 35.5 Å². The Morgan fingerprint density at radius 2 is 1.65 bits per heavy atom. The third-order valence-electron chi connectivity index (χ3n) is 13.8. The monoisotopic (exact) mass is 510 g/mol. The van der Waals surface area contributed by atoms with Crippen LogP contribution in [0.3, 0.4) is 0 Å². The average molecular weight is 511 g/mol. The van der Waals surface area contributed by atoms with Gasteiger partial charge in [0.15, 0.2) is 0 Å². The zero-order valence-corrected chi connectivity index (χ0v) is 25.4. The molecule has 9 atom stereocenters. The van der Waals surface area contributed by atoms with Crippen LogP contribution in [0.5, 0.6) is 0 Å². The number of carboxylic acid groups (broad SMARTS) is 1. The number of aliphatic carboxylic acids is 1. The summed E-state index contributed by atoms with van der Waals surface area (Å²) < 4.78 is 0. The van der Waals surface area contributed by atoms with Crippen molar-refractivity contribution >= 4 is 5.97 Å². The van der Waals surface area contributed by atoms with Gasteiger partial charge >= 0.3 is 5.97 Å². The molecule has 37 heavy (non-hydrogen) atoms. The highest BCUT2D eigenvalue weighted by Crippen LogP contribution is 2.76. The van der Waals surface area contributed by atoms with Crippen LogP contribution in [0.2, 0.25) is 0 Å². The standard InChI is InChI=1S/C34H54O3/c1-20(2)21(3)12-13-24(29(36)37)28-22(4)23(5)34(11)26-15-19-33(10)30(6,7)27(35)16-18-31(33,8)25(26)14-17-32(28,34)9/h14-15,20,22-24,27-28,35H,3,12-13,16-19H2,1-2,4-11H3,(H,36,37)/t22-,23+,24?,27+,28-,31-,32-,33+,34+/m1/s1. The number of carbonyl (C=O) groups is 1. The van der Waals surface area contributed by atoms with E-state index in [1.165, 1.54) is 11.1 Å². The third-order valence-corrected chi connectivity index (χ3v) is 13.8. The van der Waals surface area contributed by atoms with Gasteiger partial charge in [0.2, 0.25) is 0 Å². The molecule has 0 spiro atoms. The maximum atomic E-state index is 12.8. The van der Waals surface area contributed by atoms with Gasteiger partial charge in [0.05, 0.1) is 12.0 Å². The van der Waals surface area contributed by atoms with Crippen LogP contribution >= 0.6 is 0 Å². The molecule has 0 saturated heterocycles. The lowest BCUT2D eigenvalue weighted by molar-refractivity contribution is -0.149. The molecular weight excluding hydrogens is 456 g/mol. The molecule has 0 aliphatic heterocycles. The number of hydrogen-bond donors (Lipinski definition) is 2. The molecule has 0 bridgehead atoms. The lowest BCUT2D eigenvalue weighted by Gasteiger charge is -2.66. The summed E-state index contributed by atoms with van der Waals surface area (Å²) in [4.78, 5) is 12.8. The van der Waals surface area contributed by atoms with Crippen molar-refractivity contribution in [3.8, 4) is 0 Å². The molecule has 2 fully saturated rings. The highest BCUT2D eigenvalue weighted by Gasteiger charge is 2.70. The van der Waals surface area contributed by atoms with Crippen molar-refractivity contribution in [3.05, 3.63) is 35.5 Å². The Hall–Kier alpha value is -1.35. The Labute approximate surface area is 226 Å². The Bertz CT molecular complexity index is 1030. The Morgan fingerprint density at radius 1 is 1.05 bits per heavy atom. The maximum Gasteiger partial charge on any atom is 0.306 e. The van der Waals surface area contributed by atoms with Crippen molar-refractivity contribution in [3.63, 3.8) is 0 Å². The minimum atomic E-state index is -0.638. The SMILES string of the molecule is C=C(CCC(C(=O)O)[C@H]1[C@H](C)[C@H](C)[C@@]2(C)C3=CC[C@@]4(C)C(C)(C)[C@@H](O)CC[C@]4(C)C3=CC[C@]12C)C(C)C. The average Bonchev–Trinajstić information content (AvgIpc) is 2.96. The van der Waals surface area contributed by atoms with E-state index in [0.29, 0.717) is 24.2 Å². The van der Waals surface area contributed by atoms with Gasteiger partial charge < -0.3 is 10.2 Å². The highest BCUT2D eigenvalue weighted by atomic mass is 16.4. The van der Waals surface area contributed by atoms with Crippen molar-refractivity contribution in [2.45, 2.75) is 114 Å². The largest absolute Gasteiger partial charge is 0.481 e. The fourth-order valence-corrected chi connectivity index (χ4v) is 10.00. The summed E-state index contributed by atoms with van der Waals surface area (Å²) in [6.45, 7) is 27.5. The van der Waals surface area contributed by atoms with Gasteiger partial charge in [-0.15, -0.1) is 0 Å². The molecule has 3 heteroatoms. The lowest BCUT2D eigenvalue weighted by Crippen LogP contribution is -2.60. The van der Waals surface area contributed by atoms with E-state index in [2.05, 4.69) is 88.0 Å². The van der Waals surface area contributed by atoms with Crippen molar-refractivity contribution in [1.82, 2.24) is 0 Å². The van der Waals surface area contributed by atoms with Crippen LogP contribution in [-0.2, 0) is 4.79 Å². The predicted molar refractivity (Wildman–Crippen MR) is 153 cm³/mol. The van der Waals surface area contributed by atoms with Gasteiger partial charge in [-0.05, 0) is 95.0 Å². The van der Waals surface area contributed by atoms with Crippen LogP contribution in [0.25, 0.3) is 0 Å². The summed E-state index contributed by atoms with van der Waals surface area (Å²) in [6.07, 6.45) is 9.97. The number of aliphatic hydroxyl groups excluding tert-OH is 1. The Morgan fingerprint density at radius 3 is 2.22 bits per heavy atom. The second-order valence-corrected chi connectivity index (χ2v) is 15.2. The number of carboxylic acids is 1. The number of allylic oxidation sites excluding steroid dienone is 5. The number of hydrogen-bond acceptors (Lipinski definition) is 2. The quantitative estimate of drug-likeness (QED) is 0.352. The second-order valence-electron chi connectivity index (χ2n) is 15.2. The number of rotatable bonds is 6. The van der Waals surface area contributed by atoms with Gasteiger partial charge in [0.25, 0.3) is 0 Å². The van der Waals surface area contributed by atoms with Crippen LogP contribution < -0.4 is 0 Å². The summed E-state index contributed by atoms with van der Waals surface area (Å²) >= 11 is 0. The molecule has 2 saturated carbocycles. The van der Waals surface area contributed by atoms with E-state index in [1.54, 1.807) is 0 Å². The Kier molecular flexibility index (Phi) is 6.84. The summed E-state index contributed by atoms with van der Waals surface area (Å²) in [5.74, 6) is 0.223. The summed E-state index contributed by atoms with van der Waals surface area (Å²) in [6, 6.07) is 0. The zero-order valence-electron chi connectivity index (χ0n) is 25.4. The second kappa shape index (κ2) is 8.83. The van der Waals surface area contributed by atoms with E-state index in [4.69, 9.17) is 0 Å². The van der Waals surface area contributed by atoms with Crippen LogP contribution in [0.4, 0.5) is 0 Å². The van der Waals surface area contributed by atoms with Gasteiger partial charge in [-0.1, -0.05) is 93.5 Å². The topological polar surface area (TPSA) is 57.5 Å². The van der Waals surface area contributed by atoms with E-state index in [9.17, 15) is 15.0 Å². The molecule has 2 N–H and O–H groups in total. The molecule has 0 aromatic heterocycles. The smallest absolute Gasteiger partial charge is 0.306 e. The van der Waals surface area contributed by atoms with Crippen molar-refractivity contribution in [1.29, 1.82) is 0 Å². The van der Waals surface area contributed by atoms with Crippen molar-refractivity contribution in [2.24, 2.45) is 56.7 Å². The summed E-state index contributed by atoms with van der Waals surface area (Å²) in [7, 11) is 0. The van der Waals surface area contributed by atoms with Gasteiger partial charge in [-0.25, -0.2) is 0 Å². The molecule has 0 aromatic rings. The van der Waals surface area contributed by atoms with Crippen LogP contribution in [-0.4, -0.2) is 22.3 Å². The van der Waals surface area contributed by atoms with E-state index >= 15 is 0 Å². The molecule has 208 valence electrons. The molecule has 0 radical (unpaired) electrons. The molecule has 0 amide bonds. The molecule has 3 nitrogen and oxygen atoms in total. The van der Waals surface area contributed by atoms with Crippen molar-refractivity contribution < 1.29 is 15.0 Å². The fraction of sp³-hybridized carbons (Fsp3) is 0.794. The van der Waals surface area contributed by atoms with Gasteiger partial charge in [-0.2, -0.15) is 0 Å². The first-order chi connectivity index (χ1) is 16.9. The first kappa shape index (κ1) is 28.7. The van der Waals surface area contributed by atoms with E-state index < -0.39 is 5.97 Å². The predicted octanol–water partition coefficient (Wildman–Crippen LogP) is 8.45. The van der Waals surface area contributed by atoms with Crippen LogP contribution in [0, 0.1) is 56.7 Å². The third kappa shape index (κ3) is 3.51. The Balaban J connectivity index is 1.80. The minimum absolute atomic E-state index is 0.00635. The minimum Gasteiger partial charge on any atom is -0.481 e. The first-order valence-electron chi connectivity index (χ1n) is 14.9. The molecule has 4 aliphatic rings. The van der Waals surface area contributed by atoms with Crippen LogP contribution in [0.1, 0.15) is 108 Å². The number of fused-ring (bicyclic) bond motifs is 5. The highest BCUT2D eigenvalue weighted by molar-refractivity contribution is 5.71. The molecule has 0 aromatic carbocycles.